The maximum absolute atomic E-state index is 11.9. The number of amides is 1. The van der Waals surface area contributed by atoms with E-state index in [1.54, 1.807) is 0 Å². The van der Waals surface area contributed by atoms with Gasteiger partial charge in [-0.05, 0) is 42.6 Å². The van der Waals surface area contributed by atoms with Crippen molar-refractivity contribution in [3.05, 3.63) is 15.9 Å². The van der Waals surface area contributed by atoms with Crippen LogP contribution < -0.4 is 5.32 Å². The molecule has 2 heterocycles. The Bertz CT molecular complexity index is 452. The summed E-state index contributed by atoms with van der Waals surface area (Å²) in [6.45, 7) is 7.78. The number of likely N-dealkylation sites (tertiary alicyclic amines) is 1. The van der Waals surface area contributed by atoms with Gasteiger partial charge >= 0.3 is 0 Å². The van der Waals surface area contributed by atoms with Crippen LogP contribution in [0.5, 0.6) is 0 Å². The van der Waals surface area contributed by atoms with Crippen LogP contribution in [0.2, 0.25) is 0 Å². The zero-order valence-corrected chi connectivity index (χ0v) is 13.2. The fourth-order valence-corrected chi connectivity index (χ4v) is 2.83. The number of hydrogen-bond acceptors (Lipinski definition) is 3. The fourth-order valence-electron chi connectivity index (χ4n) is 2.40. The van der Waals surface area contributed by atoms with Gasteiger partial charge in [0, 0.05) is 26.2 Å². The third-order valence-corrected chi connectivity index (χ3v) is 4.51. The van der Waals surface area contributed by atoms with Gasteiger partial charge < -0.3 is 10.2 Å². The van der Waals surface area contributed by atoms with E-state index < -0.39 is 0 Å². The molecule has 1 aromatic rings. The van der Waals surface area contributed by atoms with Gasteiger partial charge in [0.15, 0.2) is 0 Å². The summed E-state index contributed by atoms with van der Waals surface area (Å²) in [5, 5.41) is 7.66. The molecule has 5 nitrogen and oxygen atoms in total. The lowest BCUT2D eigenvalue weighted by Crippen LogP contribution is -2.36. The first-order valence-electron chi connectivity index (χ1n) is 6.83. The maximum atomic E-state index is 11.9. The van der Waals surface area contributed by atoms with Crippen LogP contribution in [0.15, 0.2) is 4.47 Å². The lowest BCUT2D eigenvalue weighted by atomic mass is 10.3. The van der Waals surface area contributed by atoms with E-state index in [1.807, 2.05) is 16.5 Å². The van der Waals surface area contributed by atoms with Crippen molar-refractivity contribution in [3.8, 4) is 0 Å². The highest BCUT2D eigenvalue weighted by Gasteiger charge is 2.18. The minimum atomic E-state index is 0.202. The number of halogens is 1. The van der Waals surface area contributed by atoms with Gasteiger partial charge in [0.05, 0.1) is 22.4 Å². The predicted molar refractivity (Wildman–Crippen MR) is 77.9 cm³/mol. The molecule has 0 radical (unpaired) electrons. The molecule has 6 heteroatoms. The zero-order chi connectivity index (χ0) is 13.8. The number of aryl methyl sites for hydroxylation is 2. The molecule has 0 bridgehead atoms. The second-order valence-corrected chi connectivity index (χ2v) is 5.65. The Morgan fingerprint density at radius 1 is 1.42 bits per heavy atom. The van der Waals surface area contributed by atoms with Gasteiger partial charge in [0.2, 0.25) is 5.91 Å². The summed E-state index contributed by atoms with van der Waals surface area (Å²) in [7, 11) is 0. The van der Waals surface area contributed by atoms with Gasteiger partial charge in [-0.15, -0.1) is 0 Å². The van der Waals surface area contributed by atoms with E-state index >= 15 is 0 Å². The Hall–Kier alpha value is -0.880. The van der Waals surface area contributed by atoms with Crippen LogP contribution >= 0.6 is 15.9 Å². The molecule has 1 saturated heterocycles. The van der Waals surface area contributed by atoms with Crippen LogP contribution in [0.3, 0.4) is 0 Å². The highest BCUT2D eigenvalue weighted by atomic mass is 79.9. The molecule has 0 aliphatic carbocycles. The fraction of sp³-hybridized carbons (Fsp3) is 0.692. The van der Waals surface area contributed by atoms with Crippen LogP contribution in [0.4, 0.5) is 0 Å². The van der Waals surface area contributed by atoms with E-state index in [9.17, 15) is 4.79 Å². The first-order valence-corrected chi connectivity index (χ1v) is 7.63. The number of aromatic nitrogens is 2. The highest BCUT2D eigenvalue weighted by Crippen LogP contribution is 2.20. The summed E-state index contributed by atoms with van der Waals surface area (Å²) in [4.78, 5) is 13.8. The lowest BCUT2D eigenvalue weighted by molar-refractivity contribution is -0.129. The van der Waals surface area contributed by atoms with Crippen molar-refractivity contribution >= 4 is 21.8 Å². The first-order chi connectivity index (χ1) is 9.13. The molecule has 0 unspecified atom stereocenters. The molecule has 0 saturated carbocycles. The van der Waals surface area contributed by atoms with Crippen molar-refractivity contribution in [1.82, 2.24) is 20.0 Å². The summed E-state index contributed by atoms with van der Waals surface area (Å²) >= 11 is 3.56. The molecule has 1 aromatic heterocycles. The van der Waals surface area contributed by atoms with Gasteiger partial charge in [-0.1, -0.05) is 0 Å². The number of rotatable bonds is 5. The van der Waals surface area contributed by atoms with Crippen molar-refractivity contribution in [2.45, 2.75) is 39.8 Å². The molecular weight excluding hydrogens is 308 g/mol. The standard InChI is InChI=1S/C13H21BrN4O/c1-3-18-11(13(14)10(2)16-18)8-15-9-12(19)17-6-4-5-7-17/h15H,3-9H2,1-2H3. The molecule has 19 heavy (non-hydrogen) atoms. The normalized spacial score (nSPS) is 15.2. The predicted octanol–water partition coefficient (Wildman–Crippen LogP) is 1.69. The van der Waals surface area contributed by atoms with Crippen LogP contribution in [0, 0.1) is 6.92 Å². The summed E-state index contributed by atoms with van der Waals surface area (Å²) in [5.74, 6) is 0.202. The van der Waals surface area contributed by atoms with E-state index in [0.29, 0.717) is 13.1 Å². The molecule has 1 aliphatic heterocycles. The summed E-state index contributed by atoms with van der Waals surface area (Å²) in [5.41, 5.74) is 2.10. The Morgan fingerprint density at radius 3 is 2.74 bits per heavy atom. The smallest absolute Gasteiger partial charge is 0.236 e. The number of nitrogens with zero attached hydrogens (tertiary/aromatic N) is 3. The Morgan fingerprint density at radius 2 is 2.11 bits per heavy atom. The van der Waals surface area contributed by atoms with Crippen molar-refractivity contribution in [3.63, 3.8) is 0 Å². The number of nitrogens with one attached hydrogen (secondary N) is 1. The monoisotopic (exact) mass is 328 g/mol. The third kappa shape index (κ3) is 3.36. The lowest BCUT2D eigenvalue weighted by Gasteiger charge is -2.15. The Balaban J connectivity index is 1.87. The van der Waals surface area contributed by atoms with Crippen molar-refractivity contribution in [2.24, 2.45) is 0 Å². The van der Waals surface area contributed by atoms with E-state index in [-0.39, 0.29) is 5.91 Å². The molecule has 0 atom stereocenters. The van der Waals surface area contributed by atoms with Crippen molar-refractivity contribution < 1.29 is 4.79 Å². The molecule has 0 aromatic carbocycles. The molecule has 1 N–H and O–H groups in total. The average Bonchev–Trinajstić information content (AvgIpc) is 3.01. The topological polar surface area (TPSA) is 50.2 Å². The van der Waals surface area contributed by atoms with Crippen LogP contribution in [0.25, 0.3) is 0 Å². The van der Waals surface area contributed by atoms with E-state index in [2.05, 4.69) is 33.3 Å². The number of hydrogen-bond donors (Lipinski definition) is 1. The SMILES string of the molecule is CCn1nc(C)c(Br)c1CNCC(=O)N1CCCC1. The van der Waals surface area contributed by atoms with Gasteiger partial charge in [-0.3, -0.25) is 9.48 Å². The number of carbonyl (C=O) groups excluding carboxylic acids is 1. The van der Waals surface area contributed by atoms with Gasteiger partial charge in [-0.2, -0.15) is 5.10 Å². The largest absolute Gasteiger partial charge is 0.342 e. The quantitative estimate of drug-likeness (QED) is 0.894. The second kappa shape index (κ2) is 6.52. The second-order valence-electron chi connectivity index (χ2n) is 4.85. The molecule has 1 fully saturated rings. The van der Waals surface area contributed by atoms with Crippen molar-refractivity contribution in [2.75, 3.05) is 19.6 Å². The van der Waals surface area contributed by atoms with Crippen LogP contribution in [-0.4, -0.2) is 40.2 Å². The zero-order valence-electron chi connectivity index (χ0n) is 11.6. The third-order valence-electron chi connectivity index (χ3n) is 3.48. The van der Waals surface area contributed by atoms with Crippen molar-refractivity contribution in [1.29, 1.82) is 0 Å². The minimum absolute atomic E-state index is 0.202. The molecule has 1 amide bonds. The van der Waals surface area contributed by atoms with E-state index in [4.69, 9.17) is 0 Å². The molecule has 1 aliphatic rings. The Labute approximate surface area is 122 Å². The van der Waals surface area contributed by atoms with Gasteiger partial charge in [-0.25, -0.2) is 0 Å². The molecule has 106 valence electrons. The van der Waals surface area contributed by atoms with Gasteiger partial charge in [0.1, 0.15) is 0 Å². The molecular formula is C13H21BrN4O. The minimum Gasteiger partial charge on any atom is -0.342 e. The van der Waals surface area contributed by atoms with Crippen LogP contribution in [0.1, 0.15) is 31.2 Å². The average molecular weight is 329 g/mol. The first kappa shape index (κ1) is 14.5. The maximum Gasteiger partial charge on any atom is 0.236 e. The number of carbonyl (C=O) groups is 1. The van der Waals surface area contributed by atoms with Crippen LogP contribution in [-0.2, 0) is 17.9 Å². The molecule has 2 rings (SSSR count). The van der Waals surface area contributed by atoms with E-state index in [0.717, 1.165) is 48.3 Å². The summed E-state index contributed by atoms with van der Waals surface area (Å²) < 4.78 is 3.00. The van der Waals surface area contributed by atoms with Gasteiger partial charge in [0.25, 0.3) is 0 Å². The highest BCUT2D eigenvalue weighted by molar-refractivity contribution is 9.10. The summed E-state index contributed by atoms with van der Waals surface area (Å²) in [6.07, 6.45) is 2.28. The Kier molecular flexibility index (Phi) is 4.99. The van der Waals surface area contributed by atoms with E-state index in [1.165, 1.54) is 0 Å². The molecule has 0 spiro atoms. The summed E-state index contributed by atoms with van der Waals surface area (Å²) in [6, 6.07) is 0.